The van der Waals surface area contributed by atoms with E-state index < -0.39 is 5.97 Å². The molecule has 1 rings (SSSR count). The fraction of sp³-hybridized carbons (Fsp3) is 0.636. The van der Waals surface area contributed by atoms with E-state index in [0.29, 0.717) is 19.6 Å². The predicted molar refractivity (Wildman–Crippen MR) is 60.1 cm³/mol. The predicted octanol–water partition coefficient (Wildman–Crippen LogP) is 1.07. The second kappa shape index (κ2) is 5.53. The smallest absolute Gasteiger partial charge is 0.317 e. The highest BCUT2D eigenvalue weighted by Gasteiger charge is 2.27. The molecular formula is C11H18N2O3. The van der Waals surface area contributed by atoms with Gasteiger partial charge in [-0.3, -0.25) is 4.79 Å². The summed E-state index contributed by atoms with van der Waals surface area (Å²) >= 11 is 0. The Hall–Kier alpha value is -1.52. The minimum Gasteiger partial charge on any atom is -0.481 e. The van der Waals surface area contributed by atoms with Crippen LogP contribution in [0.3, 0.4) is 0 Å². The lowest BCUT2D eigenvalue weighted by atomic mass is 10.1. The highest BCUT2D eigenvalue weighted by molar-refractivity contribution is 5.75. The number of rotatable bonds is 4. The third-order valence-corrected chi connectivity index (χ3v) is 2.58. The normalized spacial score (nSPS) is 19.6. The van der Waals surface area contributed by atoms with Gasteiger partial charge in [0.05, 0.1) is 0 Å². The second-order valence-corrected chi connectivity index (χ2v) is 4.31. The highest BCUT2D eigenvalue weighted by atomic mass is 16.4. The van der Waals surface area contributed by atoms with Gasteiger partial charge in [-0.2, -0.15) is 0 Å². The first-order valence-corrected chi connectivity index (χ1v) is 5.38. The van der Waals surface area contributed by atoms with Crippen LogP contribution in [0.4, 0.5) is 4.79 Å². The molecule has 0 spiro atoms. The number of nitrogens with one attached hydrogen (secondary N) is 1. The molecule has 5 heteroatoms. The Morgan fingerprint density at radius 3 is 2.81 bits per heavy atom. The third-order valence-electron chi connectivity index (χ3n) is 2.58. The van der Waals surface area contributed by atoms with Crippen molar-refractivity contribution >= 4 is 12.0 Å². The van der Waals surface area contributed by atoms with Crippen LogP contribution in [0.1, 0.15) is 19.8 Å². The topological polar surface area (TPSA) is 69.6 Å². The number of likely N-dealkylation sites (tertiary alicyclic amines) is 1. The van der Waals surface area contributed by atoms with Crippen molar-refractivity contribution in [2.45, 2.75) is 19.8 Å². The average Bonchev–Trinajstić information content (AvgIpc) is 2.61. The molecule has 1 aliphatic heterocycles. The molecule has 1 saturated heterocycles. The Bertz CT molecular complexity index is 302. The summed E-state index contributed by atoms with van der Waals surface area (Å²) in [6.45, 7) is 7.19. The van der Waals surface area contributed by atoms with Crippen LogP contribution >= 0.6 is 0 Å². The van der Waals surface area contributed by atoms with Crippen molar-refractivity contribution in [1.82, 2.24) is 10.2 Å². The molecule has 2 N–H and O–H groups in total. The van der Waals surface area contributed by atoms with Crippen molar-refractivity contribution in [3.05, 3.63) is 12.2 Å². The maximum absolute atomic E-state index is 11.6. The summed E-state index contributed by atoms with van der Waals surface area (Å²) < 4.78 is 0. The summed E-state index contributed by atoms with van der Waals surface area (Å²) in [4.78, 5) is 23.8. The van der Waals surface area contributed by atoms with Crippen LogP contribution in [0.2, 0.25) is 0 Å². The highest BCUT2D eigenvalue weighted by Crippen LogP contribution is 2.19. The Balaban J connectivity index is 2.32. The fourth-order valence-electron chi connectivity index (χ4n) is 1.77. The molecule has 0 radical (unpaired) electrons. The van der Waals surface area contributed by atoms with Gasteiger partial charge in [-0.15, -0.1) is 0 Å². The van der Waals surface area contributed by atoms with Gasteiger partial charge in [0.25, 0.3) is 0 Å². The van der Waals surface area contributed by atoms with E-state index in [1.54, 1.807) is 4.90 Å². The van der Waals surface area contributed by atoms with E-state index in [1.165, 1.54) is 0 Å². The van der Waals surface area contributed by atoms with E-state index in [-0.39, 0.29) is 18.4 Å². The molecule has 0 aromatic rings. The molecule has 1 heterocycles. The Kier molecular flexibility index (Phi) is 4.34. The number of aliphatic carboxylic acids is 1. The molecule has 0 aliphatic carbocycles. The van der Waals surface area contributed by atoms with Crippen molar-refractivity contribution in [2.24, 2.45) is 5.92 Å². The molecule has 0 saturated carbocycles. The number of carbonyl (C=O) groups excluding carboxylic acids is 1. The zero-order chi connectivity index (χ0) is 12.1. The minimum absolute atomic E-state index is 0.0908. The number of carbonyl (C=O) groups is 2. The van der Waals surface area contributed by atoms with E-state index in [0.717, 1.165) is 12.0 Å². The van der Waals surface area contributed by atoms with Crippen molar-refractivity contribution in [2.75, 3.05) is 19.6 Å². The van der Waals surface area contributed by atoms with Gasteiger partial charge in [0.1, 0.15) is 0 Å². The van der Waals surface area contributed by atoms with Gasteiger partial charge in [0, 0.05) is 26.1 Å². The zero-order valence-electron chi connectivity index (χ0n) is 9.53. The first kappa shape index (κ1) is 12.5. The molecule has 2 amide bonds. The van der Waals surface area contributed by atoms with Gasteiger partial charge in [-0.25, -0.2) is 4.79 Å². The molecule has 16 heavy (non-hydrogen) atoms. The maximum atomic E-state index is 11.6. The minimum atomic E-state index is -0.797. The van der Waals surface area contributed by atoms with Gasteiger partial charge in [-0.1, -0.05) is 12.2 Å². The molecule has 0 aromatic heterocycles. The Morgan fingerprint density at radius 2 is 2.25 bits per heavy atom. The molecule has 90 valence electrons. The Labute approximate surface area is 95.1 Å². The fourth-order valence-corrected chi connectivity index (χ4v) is 1.77. The van der Waals surface area contributed by atoms with Crippen LogP contribution in [0, 0.1) is 5.92 Å². The molecule has 1 unspecified atom stereocenters. The lowest BCUT2D eigenvalue weighted by molar-refractivity contribution is -0.138. The first-order chi connectivity index (χ1) is 7.49. The van der Waals surface area contributed by atoms with Crippen molar-refractivity contribution < 1.29 is 14.7 Å². The maximum Gasteiger partial charge on any atom is 0.317 e. The molecule has 0 aromatic carbocycles. The average molecular weight is 226 g/mol. The zero-order valence-corrected chi connectivity index (χ0v) is 9.53. The standard InChI is InChI=1S/C11H18N2O3/c1-8(2)6-12-11(16)13-4-3-9(7-13)5-10(14)15/h9H,1,3-7H2,2H3,(H,12,16)(H,14,15). The number of hydrogen-bond acceptors (Lipinski definition) is 2. The number of nitrogens with zero attached hydrogens (tertiary/aromatic N) is 1. The van der Waals surface area contributed by atoms with Crippen molar-refractivity contribution in [3.63, 3.8) is 0 Å². The number of amides is 2. The number of hydrogen-bond donors (Lipinski definition) is 2. The van der Waals surface area contributed by atoms with Crippen LogP contribution in [0.5, 0.6) is 0 Å². The summed E-state index contributed by atoms with van der Waals surface area (Å²) in [6, 6.07) is -0.129. The monoisotopic (exact) mass is 226 g/mol. The van der Waals surface area contributed by atoms with Crippen LogP contribution in [-0.4, -0.2) is 41.6 Å². The van der Waals surface area contributed by atoms with Gasteiger partial charge >= 0.3 is 12.0 Å². The van der Waals surface area contributed by atoms with Gasteiger partial charge in [-0.05, 0) is 19.3 Å². The molecule has 1 aliphatic rings. The lowest BCUT2D eigenvalue weighted by Gasteiger charge is -2.17. The Morgan fingerprint density at radius 1 is 1.56 bits per heavy atom. The first-order valence-electron chi connectivity index (χ1n) is 5.38. The van der Waals surface area contributed by atoms with E-state index in [1.807, 2.05) is 6.92 Å². The molecule has 0 bridgehead atoms. The van der Waals surface area contributed by atoms with Crippen LogP contribution in [-0.2, 0) is 4.79 Å². The second-order valence-electron chi connectivity index (χ2n) is 4.31. The van der Waals surface area contributed by atoms with Crippen LogP contribution in [0.15, 0.2) is 12.2 Å². The SMILES string of the molecule is C=C(C)CNC(=O)N1CCC(CC(=O)O)C1. The van der Waals surface area contributed by atoms with E-state index in [4.69, 9.17) is 5.11 Å². The van der Waals surface area contributed by atoms with Gasteiger partial charge < -0.3 is 15.3 Å². The van der Waals surface area contributed by atoms with Crippen LogP contribution < -0.4 is 5.32 Å². The summed E-state index contributed by atoms with van der Waals surface area (Å²) in [6.07, 6.45) is 0.914. The molecule has 1 atom stereocenters. The van der Waals surface area contributed by atoms with Crippen LogP contribution in [0.25, 0.3) is 0 Å². The number of carboxylic acid groups (broad SMARTS) is 1. The van der Waals surface area contributed by atoms with E-state index >= 15 is 0 Å². The lowest BCUT2D eigenvalue weighted by Crippen LogP contribution is -2.39. The summed E-state index contributed by atoms with van der Waals surface area (Å²) in [5.41, 5.74) is 0.898. The van der Waals surface area contributed by atoms with Crippen molar-refractivity contribution in [1.29, 1.82) is 0 Å². The summed E-state index contributed by atoms with van der Waals surface area (Å²) in [7, 11) is 0. The molecule has 5 nitrogen and oxygen atoms in total. The van der Waals surface area contributed by atoms with E-state index in [9.17, 15) is 9.59 Å². The van der Waals surface area contributed by atoms with E-state index in [2.05, 4.69) is 11.9 Å². The molecule has 1 fully saturated rings. The number of carboxylic acids is 1. The van der Waals surface area contributed by atoms with Gasteiger partial charge in [0.2, 0.25) is 0 Å². The van der Waals surface area contributed by atoms with Crippen molar-refractivity contribution in [3.8, 4) is 0 Å². The third kappa shape index (κ3) is 3.92. The molecular weight excluding hydrogens is 208 g/mol. The van der Waals surface area contributed by atoms with Gasteiger partial charge in [0.15, 0.2) is 0 Å². The largest absolute Gasteiger partial charge is 0.481 e. The summed E-state index contributed by atoms with van der Waals surface area (Å²) in [5.74, 6) is -0.706. The quantitative estimate of drug-likeness (QED) is 0.704. The number of urea groups is 1. The summed E-state index contributed by atoms with van der Waals surface area (Å²) in [5, 5.41) is 11.4.